The molecule has 0 aliphatic heterocycles. The second-order valence-electron chi connectivity index (χ2n) is 5.16. The van der Waals surface area contributed by atoms with Crippen LogP contribution in [0.15, 0.2) is 18.2 Å². The van der Waals surface area contributed by atoms with E-state index >= 15 is 0 Å². The zero-order chi connectivity index (χ0) is 20.5. The summed E-state index contributed by atoms with van der Waals surface area (Å²) in [6, 6.07) is 3.20. The number of amides is 1. The number of anilines is 1. The van der Waals surface area contributed by atoms with Crippen molar-refractivity contribution in [2.75, 3.05) is 5.32 Å². The van der Waals surface area contributed by atoms with Gasteiger partial charge in [0, 0.05) is 12.1 Å². The van der Waals surface area contributed by atoms with Crippen LogP contribution >= 0.6 is 11.6 Å². The monoisotopic (exact) mass is 407 g/mol. The summed E-state index contributed by atoms with van der Waals surface area (Å²) < 4.78 is 39.2. The molecule has 0 fully saturated rings. The molecule has 144 valence electrons. The van der Waals surface area contributed by atoms with Gasteiger partial charge >= 0.3 is 11.9 Å². The van der Waals surface area contributed by atoms with E-state index in [1.807, 2.05) is 0 Å². The van der Waals surface area contributed by atoms with E-state index in [-0.39, 0.29) is 16.4 Å². The molecule has 0 unspecified atom stereocenters. The summed E-state index contributed by atoms with van der Waals surface area (Å²) in [6.45, 7) is 0.204. The predicted molar refractivity (Wildman–Crippen MR) is 85.4 cm³/mol. The van der Waals surface area contributed by atoms with Crippen LogP contribution in [0.4, 0.5) is 30.2 Å². The summed E-state index contributed by atoms with van der Waals surface area (Å²) >= 11 is 5.81. The van der Waals surface area contributed by atoms with E-state index < -0.39 is 45.6 Å². The van der Waals surface area contributed by atoms with E-state index in [0.717, 1.165) is 25.1 Å². The van der Waals surface area contributed by atoms with Crippen LogP contribution in [0, 0.1) is 27.2 Å². The van der Waals surface area contributed by atoms with Crippen LogP contribution < -0.4 is 5.32 Å². The highest BCUT2D eigenvalue weighted by Crippen LogP contribution is 2.37. The van der Waals surface area contributed by atoms with E-state index in [4.69, 9.17) is 11.6 Å². The number of aromatic nitrogens is 2. The van der Waals surface area contributed by atoms with Gasteiger partial charge in [-0.05, 0) is 13.0 Å². The molecule has 0 bridgehead atoms. The lowest BCUT2D eigenvalue weighted by Crippen LogP contribution is -2.21. The van der Waals surface area contributed by atoms with Gasteiger partial charge in [-0.2, -0.15) is 18.3 Å². The fourth-order valence-corrected chi connectivity index (χ4v) is 2.31. The van der Waals surface area contributed by atoms with Crippen LogP contribution in [0.2, 0.25) is 5.02 Å². The van der Waals surface area contributed by atoms with E-state index in [1.54, 1.807) is 0 Å². The molecule has 0 radical (unpaired) electrons. The molecule has 1 N–H and O–H groups in total. The standard InChI is InChI=1S/C13H9ClF3N5O5/c1-6-11(22(26)27)12(13(15,16)17)19-20(6)5-10(23)18-9-4-7(21(24)25)2-3-8(9)14/h2-4H,5H2,1H3,(H,18,23). The van der Waals surface area contributed by atoms with Crippen LogP contribution in [0.1, 0.15) is 11.4 Å². The molecule has 1 heterocycles. The third-order valence-corrected chi connectivity index (χ3v) is 3.68. The SMILES string of the molecule is Cc1c([N+](=O)[O-])c(C(F)(F)F)nn1CC(=O)Nc1cc([N+](=O)[O-])ccc1Cl. The van der Waals surface area contributed by atoms with E-state index in [9.17, 15) is 38.2 Å². The Morgan fingerprint density at radius 2 is 1.93 bits per heavy atom. The molecule has 2 aromatic rings. The molecule has 14 heteroatoms. The fraction of sp³-hybridized carbons (Fsp3) is 0.231. The van der Waals surface area contributed by atoms with E-state index in [1.165, 1.54) is 0 Å². The number of alkyl halides is 3. The Morgan fingerprint density at radius 1 is 1.30 bits per heavy atom. The van der Waals surface area contributed by atoms with Crippen LogP contribution in [-0.2, 0) is 17.5 Å². The van der Waals surface area contributed by atoms with Gasteiger partial charge in [-0.15, -0.1) is 0 Å². The van der Waals surface area contributed by atoms with E-state index in [2.05, 4.69) is 10.4 Å². The Morgan fingerprint density at radius 3 is 2.41 bits per heavy atom. The average Bonchev–Trinajstić information content (AvgIpc) is 2.86. The fourth-order valence-electron chi connectivity index (χ4n) is 2.15. The Labute approximate surface area is 152 Å². The number of nitro benzene ring substituents is 1. The van der Waals surface area contributed by atoms with Crippen molar-refractivity contribution in [1.82, 2.24) is 9.78 Å². The molecule has 1 aromatic heterocycles. The Hall–Kier alpha value is -3.22. The molecule has 10 nitrogen and oxygen atoms in total. The number of nitrogens with zero attached hydrogens (tertiary/aromatic N) is 4. The molecule has 0 saturated heterocycles. The van der Waals surface area contributed by atoms with Crippen LogP contribution in [0.5, 0.6) is 0 Å². The van der Waals surface area contributed by atoms with Gasteiger partial charge in [-0.25, -0.2) is 0 Å². The van der Waals surface area contributed by atoms with Crippen molar-refractivity contribution >= 4 is 34.6 Å². The molecule has 0 saturated carbocycles. The number of rotatable bonds is 5. The highest BCUT2D eigenvalue weighted by Gasteiger charge is 2.44. The molecule has 0 aliphatic carbocycles. The molecular formula is C13H9ClF3N5O5. The number of benzene rings is 1. The van der Waals surface area contributed by atoms with Crippen LogP contribution in [0.3, 0.4) is 0 Å². The molecule has 1 aromatic carbocycles. The average molecular weight is 408 g/mol. The summed E-state index contributed by atoms with van der Waals surface area (Å²) in [5.74, 6) is -0.938. The molecule has 0 atom stereocenters. The third-order valence-electron chi connectivity index (χ3n) is 3.35. The lowest BCUT2D eigenvalue weighted by molar-refractivity contribution is -0.388. The lowest BCUT2D eigenvalue weighted by atomic mass is 10.2. The lowest BCUT2D eigenvalue weighted by Gasteiger charge is -2.08. The van der Waals surface area contributed by atoms with Gasteiger partial charge in [-0.3, -0.25) is 29.7 Å². The maximum Gasteiger partial charge on any atom is 0.442 e. The van der Waals surface area contributed by atoms with Gasteiger partial charge in [0.05, 0.1) is 20.6 Å². The molecule has 0 spiro atoms. The topological polar surface area (TPSA) is 133 Å². The largest absolute Gasteiger partial charge is 0.442 e. The van der Waals surface area contributed by atoms with Crippen LogP contribution in [0.25, 0.3) is 0 Å². The number of carbonyl (C=O) groups excluding carboxylic acids is 1. The molecule has 2 rings (SSSR count). The minimum absolute atomic E-state index is 0.0481. The molecule has 0 aliphatic rings. The van der Waals surface area contributed by atoms with E-state index in [0.29, 0.717) is 4.68 Å². The van der Waals surface area contributed by atoms with Crippen molar-refractivity contribution in [3.8, 4) is 0 Å². The number of hydrogen-bond acceptors (Lipinski definition) is 6. The Kier molecular flexibility index (Phi) is 5.35. The Bertz CT molecular complexity index is 943. The van der Waals surface area contributed by atoms with Crippen molar-refractivity contribution in [3.63, 3.8) is 0 Å². The van der Waals surface area contributed by atoms with Crippen LogP contribution in [-0.4, -0.2) is 25.5 Å². The van der Waals surface area contributed by atoms with Gasteiger partial charge in [0.25, 0.3) is 5.69 Å². The van der Waals surface area contributed by atoms with Gasteiger partial charge in [0.2, 0.25) is 11.6 Å². The first-order chi connectivity index (χ1) is 12.4. The zero-order valence-electron chi connectivity index (χ0n) is 13.3. The van der Waals surface area contributed by atoms with Gasteiger partial charge in [0.1, 0.15) is 12.2 Å². The number of carbonyl (C=O) groups is 1. The Balaban J connectivity index is 2.30. The molecule has 27 heavy (non-hydrogen) atoms. The van der Waals surface area contributed by atoms with Crippen molar-refractivity contribution in [2.24, 2.45) is 0 Å². The smallest absolute Gasteiger partial charge is 0.323 e. The predicted octanol–water partition coefficient (Wildman–Crippen LogP) is 3.32. The van der Waals surface area contributed by atoms with Gasteiger partial charge in [-0.1, -0.05) is 11.6 Å². The van der Waals surface area contributed by atoms with Gasteiger partial charge < -0.3 is 5.32 Å². The van der Waals surface area contributed by atoms with Crippen molar-refractivity contribution in [2.45, 2.75) is 19.6 Å². The summed E-state index contributed by atoms with van der Waals surface area (Å²) in [7, 11) is 0. The summed E-state index contributed by atoms with van der Waals surface area (Å²) in [4.78, 5) is 31.7. The maximum atomic E-state index is 12.9. The summed E-state index contributed by atoms with van der Waals surface area (Å²) in [5, 5.41) is 26.9. The first-order valence-electron chi connectivity index (χ1n) is 6.94. The first kappa shape index (κ1) is 20.1. The first-order valence-corrected chi connectivity index (χ1v) is 7.32. The molecule has 1 amide bonds. The minimum Gasteiger partial charge on any atom is -0.323 e. The van der Waals surface area contributed by atoms with Crippen molar-refractivity contribution in [1.29, 1.82) is 0 Å². The number of hydrogen-bond donors (Lipinski definition) is 1. The van der Waals surface area contributed by atoms with Crippen molar-refractivity contribution < 1.29 is 27.8 Å². The normalized spacial score (nSPS) is 11.3. The summed E-state index contributed by atoms with van der Waals surface area (Å²) in [6.07, 6.45) is -5.09. The highest BCUT2D eigenvalue weighted by molar-refractivity contribution is 6.33. The zero-order valence-corrected chi connectivity index (χ0v) is 14.0. The quantitative estimate of drug-likeness (QED) is 0.597. The minimum atomic E-state index is -5.09. The number of nitrogens with one attached hydrogen (secondary N) is 1. The highest BCUT2D eigenvalue weighted by atomic mass is 35.5. The van der Waals surface area contributed by atoms with Crippen molar-refractivity contribution in [3.05, 3.63) is 54.8 Å². The third kappa shape index (κ3) is 4.31. The number of nitro groups is 2. The van der Waals surface area contributed by atoms with Gasteiger partial charge in [0.15, 0.2) is 0 Å². The maximum absolute atomic E-state index is 12.9. The second kappa shape index (κ2) is 7.19. The molecular weight excluding hydrogens is 399 g/mol. The second-order valence-corrected chi connectivity index (χ2v) is 5.57. The summed E-state index contributed by atoms with van der Waals surface area (Å²) in [5.41, 5.74) is -3.99. The number of halogens is 4. The number of non-ortho nitro benzene ring substituents is 1.